The van der Waals surface area contributed by atoms with Crippen molar-refractivity contribution >= 4 is 5.78 Å². The number of hydrogen-bond donors (Lipinski definition) is 1. The zero-order valence-electron chi connectivity index (χ0n) is 9.06. The Hall–Kier alpha value is -1.19. The first-order valence-corrected chi connectivity index (χ1v) is 5.10. The summed E-state index contributed by atoms with van der Waals surface area (Å²) in [7, 11) is 0. The van der Waals surface area contributed by atoms with Gasteiger partial charge in [0.05, 0.1) is 0 Å². The number of hydrogen-bond acceptors (Lipinski definition) is 3. The SMILES string of the molecule is CCOC(O)(C(=O)CC)c1ccccc1. The summed E-state index contributed by atoms with van der Waals surface area (Å²) in [4.78, 5) is 11.6. The molecule has 0 bridgehead atoms. The minimum absolute atomic E-state index is 0.241. The van der Waals surface area contributed by atoms with E-state index < -0.39 is 5.79 Å². The molecule has 1 aromatic carbocycles. The maximum Gasteiger partial charge on any atom is 0.253 e. The van der Waals surface area contributed by atoms with Crippen molar-refractivity contribution in [3.05, 3.63) is 35.9 Å². The zero-order valence-corrected chi connectivity index (χ0v) is 9.06. The molecule has 0 aliphatic rings. The molecule has 0 saturated carbocycles. The van der Waals surface area contributed by atoms with Gasteiger partial charge in [-0.2, -0.15) is 0 Å². The number of rotatable bonds is 5. The lowest BCUT2D eigenvalue weighted by Crippen LogP contribution is -2.38. The Morgan fingerprint density at radius 2 is 1.93 bits per heavy atom. The van der Waals surface area contributed by atoms with Crippen molar-refractivity contribution < 1.29 is 14.6 Å². The Morgan fingerprint density at radius 1 is 1.33 bits per heavy atom. The summed E-state index contributed by atoms with van der Waals surface area (Å²) in [5.74, 6) is -2.11. The van der Waals surface area contributed by atoms with Crippen LogP contribution in [0.15, 0.2) is 30.3 Å². The van der Waals surface area contributed by atoms with Crippen LogP contribution < -0.4 is 0 Å². The highest BCUT2D eigenvalue weighted by molar-refractivity contribution is 5.86. The second-order valence-electron chi connectivity index (χ2n) is 3.22. The van der Waals surface area contributed by atoms with Gasteiger partial charge in [0.15, 0.2) is 5.78 Å². The van der Waals surface area contributed by atoms with Crippen molar-refractivity contribution in [1.29, 1.82) is 0 Å². The number of carbonyl (C=O) groups is 1. The van der Waals surface area contributed by atoms with E-state index in [1.807, 2.05) is 6.07 Å². The van der Waals surface area contributed by atoms with Crippen molar-refractivity contribution in [2.75, 3.05) is 6.61 Å². The highest BCUT2D eigenvalue weighted by atomic mass is 16.6. The van der Waals surface area contributed by atoms with Gasteiger partial charge >= 0.3 is 0 Å². The molecule has 15 heavy (non-hydrogen) atoms. The highest BCUT2D eigenvalue weighted by Gasteiger charge is 2.37. The average molecular weight is 208 g/mol. The molecule has 0 spiro atoms. The Balaban J connectivity index is 3.06. The van der Waals surface area contributed by atoms with Gasteiger partial charge in [0.25, 0.3) is 5.79 Å². The molecule has 1 aromatic rings. The number of aliphatic hydroxyl groups is 1. The summed E-state index contributed by atoms with van der Waals surface area (Å²) >= 11 is 0. The molecule has 0 amide bonds. The van der Waals surface area contributed by atoms with Crippen molar-refractivity contribution in [1.82, 2.24) is 0 Å². The predicted molar refractivity (Wildman–Crippen MR) is 57.3 cm³/mol. The fraction of sp³-hybridized carbons (Fsp3) is 0.417. The van der Waals surface area contributed by atoms with Crippen LogP contribution >= 0.6 is 0 Å². The van der Waals surface area contributed by atoms with Crippen LogP contribution in [0.1, 0.15) is 25.8 Å². The van der Waals surface area contributed by atoms with Gasteiger partial charge in [-0.05, 0) is 6.92 Å². The summed E-state index contributed by atoms with van der Waals surface area (Å²) in [6, 6.07) is 8.73. The third-order valence-electron chi connectivity index (χ3n) is 2.22. The van der Waals surface area contributed by atoms with Crippen molar-refractivity contribution in [3.63, 3.8) is 0 Å². The van der Waals surface area contributed by atoms with E-state index in [4.69, 9.17) is 4.74 Å². The number of carbonyl (C=O) groups excluding carboxylic acids is 1. The molecule has 1 N–H and O–H groups in total. The van der Waals surface area contributed by atoms with Gasteiger partial charge in [0, 0.05) is 18.6 Å². The van der Waals surface area contributed by atoms with E-state index in [1.165, 1.54) is 0 Å². The normalized spacial score (nSPS) is 14.6. The summed E-state index contributed by atoms with van der Waals surface area (Å²) in [6.45, 7) is 3.74. The number of ether oxygens (including phenoxy) is 1. The molecule has 1 unspecified atom stereocenters. The minimum atomic E-state index is -1.79. The lowest BCUT2D eigenvalue weighted by atomic mass is 10.00. The van der Waals surface area contributed by atoms with Crippen LogP contribution in [0, 0.1) is 0 Å². The fourth-order valence-corrected chi connectivity index (χ4v) is 1.44. The van der Waals surface area contributed by atoms with Crippen LogP contribution in [0.3, 0.4) is 0 Å². The second kappa shape index (κ2) is 5.05. The molecule has 82 valence electrons. The predicted octanol–water partition coefficient (Wildman–Crippen LogP) is 1.85. The Morgan fingerprint density at radius 3 is 2.40 bits per heavy atom. The molecule has 1 atom stereocenters. The number of ketones is 1. The van der Waals surface area contributed by atoms with E-state index in [-0.39, 0.29) is 18.8 Å². The lowest BCUT2D eigenvalue weighted by Gasteiger charge is -2.26. The van der Waals surface area contributed by atoms with E-state index in [0.717, 1.165) is 0 Å². The third kappa shape index (κ3) is 2.43. The van der Waals surface area contributed by atoms with E-state index in [2.05, 4.69) is 0 Å². The Bertz CT molecular complexity index is 321. The molecule has 1 rings (SSSR count). The largest absolute Gasteiger partial charge is 0.356 e. The smallest absolute Gasteiger partial charge is 0.253 e. The van der Waals surface area contributed by atoms with Crippen molar-refractivity contribution in [3.8, 4) is 0 Å². The summed E-state index contributed by atoms with van der Waals surface area (Å²) in [5.41, 5.74) is 0.485. The molecule has 3 heteroatoms. The Kier molecular flexibility index (Phi) is 4.00. The van der Waals surface area contributed by atoms with Gasteiger partial charge in [-0.15, -0.1) is 0 Å². The number of Topliss-reactive ketones (excluding diaryl/α,β-unsaturated/α-hetero) is 1. The zero-order chi connectivity index (χ0) is 11.3. The monoisotopic (exact) mass is 208 g/mol. The van der Waals surface area contributed by atoms with E-state index in [1.54, 1.807) is 38.1 Å². The minimum Gasteiger partial charge on any atom is -0.356 e. The maximum atomic E-state index is 11.6. The molecule has 0 aromatic heterocycles. The average Bonchev–Trinajstić information content (AvgIpc) is 2.29. The van der Waals surface area contributed by atoms with Gasteiger partial charge in [0.1, 0.15) is 0 Å². The standard InChI is InChI=1S/C12H16O3/c1-3-11(13)12(14,15-4-2)10-8-6-5-7-9-10/h5-9,14H,3-4H2,1-2H3. The highest BCUT2D eigenvalue weighted by Crippen LogP contribution is 2.24. The second-order valence-corrected chi connectivity index (χ2v) is 3.22. The summed E-state index contributed by atoms with van der Waals surface area (Å²) in [6.07, 6.45) is 0.241. The first-order chi connectivity index (χ1) is 7.15. The van der Waals surface area contributed by atoms with E-state index >= 15 is 0 Å². The molecule has 0 radical (unpaired) electrons. The van der Waals surface area contributed by atoms with E-state index in [0.29, 0.717) is 5.56 Å². The third-order valence-corrected chi connectivity index (χ3v) is 2.22. The molecule has 0 heterocycles. The molecular weight excluding hydrogens is 192 g/mol. The maximum absolute atomic E-state index is 11.6. The van der Waals surface area contributed by atoms with Gasteiger partial charge < -0.3 is 9.84 Å². The molecule has 0 aliphatic heterocycles. The molecular formula is C12H16O3. The summed E-state index contributed by atoms with van der Waals surface area (Å²) in [5, 5.41) is 10.2. The first-order valence-electron chi connectivity index (χ1n) is 5.10. The lowest BCUT2D eigenvalue weighted by molar-refractivity contribution is -0.209. The van der Waals surface area contributed by atoms with Crippen molar-refractivity contribution in [2.24, 2.45) is 0 Å². The van der Waals surface area contributed by atoms with Gasteiger partial charge in [-0.25, -0.2) is 0 Å². The van der Waals surface area contributed by atoms with Crippen LogP contribution in [0.4, 0.5) is 0 Å². The molecule has 0 aliphatic carbocycles. The first kappa shape index (κ1) is 11.9. The van der Waals surface area contributed by atoms with Crippen LogP contribution in [-0.4, -0.2) is 17.5 Å². The van der Waals surface area contributed by atoms with Crippen LogP contribution in [0.5, 0.6) is 0 Å². The summed E-state index contributed by atoms with van der Waals surface area (Å²) < 4.78 is 5.17. The van der Waals surface area contributed by atoms with Crippen LogP contribution in [-0.2, 0) is 15.3 Å². The van der Waals surface area contributed by atoms with Crippen molar-refractivity contribution in [2.45, 2.75) is 26.1 Å². The van der Waals surface area contributed by atoms with Crippen LogP contribution in [0.25, 0.3) is 0 Å². The molecule has 3 nitrogen and oxygen atoms in total. The topological polar surface area (TPSA) is 46.5 Å². The molecule has 0 fully saturated rings. The van der Waals surface area contributed by atoms with Gasteiger partial charge in [0.2, 0.25) is 0 Å². The Labute approximate surface area is 89.7 Å². The molecule has 0 saturated heterocycles. The number of benzene rings is 1. The van der Waals surface area contributed by atoms with Crippen LogP contribution in [0.2, 0.25) is 0 Å². The quantitative estimate of drug-likeness (QED) is 0.751. The van der Waals surface area contributed by atoms with E-state index in [9.17, 15) is 9.90 Å². The van der Waals surface area contributed by atoms with Gasteiger partial charge in [-0.3, -0.25) is 4.79 Å². The van der Waals surface area contributed by atoms with Gasteiger partial charge in [-0.1, -0.05) is 37.3 Å². The fourth-order valence-electron chi connectivity index (χ4n) is 1.44.